The summed E-state index contributed by atoms with van der Waals surface area (Å²) in [7, 11) is 1.52. The molecule has 13 heavy (non-hydrogen) atoms. The van der Waals surface area contributed by atoms with E-state index in [4.69, 9.17) is 16.4 Å². The minimum Gasteiger partial charge on any atom is -0.324 e. The number of benzene rings is 1. The second-order valence-corrected chi connectivity index (χ2v) is 5.36. The second kappa shape index (κ2) is 3.65. The molecule has 0 bridgehead atoms. The van der Waals surface area contributed by atoms with Crippen molar-refractivity contribution in [3.63, 3.8) is 0 Å². The standard InChI is InChI=1S/C8H10ClNO2S/c1-6(10)7-2-4-8(5-3-7)13(9,11)12/h2-6H,10H2,1H3/t6-/m1/s1. The Labute approximate surface area is 81.9 Å². The van der Waals surface area contributed by atoms with E-state index in [1.807, 2.05) is 6.92 Å². The highest BCUT2D eigenvalue weighted by atomic mass is 35.7. The zero-order chi connectivity index (χ0) is 10.1. The maximum Gasteiger partial charge on any atom is 0.261 e. The van der Waals surface area contributed by atoms with Crippen LogP contribution in [0.15, 0.2) is 29.2 Å². The Bertz CT molecular complexity index is 383. The summed E-state index contributed by atoms with van der Waals surface area (Å²) in [5.74, 6) is 0. The van der Waals surface area contributed by atoms with Gasteiger partial charge in [-0.05, 0) is 24.6 Å². The van der Waals surface area contributed by atoms with E-state index in [0.717, 1.165) is 5.56 Å². The minimum atomic E-state index is -3.61. The van der Waals surface area contributed by atoms with E-state index in [1.165, 1.54) is 12.1 Å². The summed E-state index contributed by atoms with van der Waals surface area (Å²) in [6.45, 7) is 1.82. The van der Waals surface area contributed by atoms with E-state index < -0.39 is 9.05 Å². The highest BCUT2D eigenvalue weighted by molar-refractivity contribution is 8.13. The molecule has 1 aromatic carbocycles. The molecule has 0 heterocycles. The summed E-state index contributed by atoms with van der Waals surface area (Å²) in [4.78, 5) is 0.0959. The maximum absolute atomic E-state index is 10.8. The molecule has 2 N–H and O–H groups in total. The van der Waals surface area contributed by atoms with Crippen molar-refractivity contribution in [3.8, 4) is 0 Å². The molecule has 0 unspecified atom stereocenters. The smallest absolute Gasteiger partial charge is 0.261 e. The van der Waals surface area contributed by atoms with Crippen molar-refractivity contribution in [2.45, 2.75) is 17.9 Å². The predicted octanol–water partition coefficient (Wildman–Crippen LogP) is 1.63. The van der Waals surface area contributed by atoms with Gasteiger partial charge in [-0.15, -0.1) is 0 Å². The largest absolute Gasteiger partial charge is 0.324 e. The first-order valence-corrected chi connectivity index (χ1v) is 6.02. The number of hydrogen-bond donors (Lipinski definition) is 1. The van der Waals surface area contributed by atoms with E-state index in [2.05, 4.69) is 0 Å². The Morgan fingerprint density at radius 3 is 2.08 bits per heavy atom. The van der Waals surface area contributed by atoms with Crippen LogP contribution in [0, 0.1) is 0 Å². The van der Waals surface area contributed by atoms with Crippen molar-refractivity contribution < 1.29 is 8.42 Å². The second-order valence-electron chi connectivity index (χ2n) is 2.80. The van der Waals surface area contributed by atoms with E-state index >= 15 is 0 Å². The van der Waals surface area contributed by atoms with Crippen molar-refractivity contribution in [1.82, 2.24) is 0 Å². The van der Waals surface area contributed by atoms with Crippen LogP contribution in [-0.4, -0.2) is 8.42 Å². The summed E-state index contributed by atoms with van der Waals surface area (Å²) < 4.78 is 21.7. The highest BCUT2D eigenvalue weighted by Crippen LogP contribution is 2.17. The van der Waals surface area contributed by atoms with Crippen molar-refractivity contribution in [1.29, 1.82) is 0 Å². The van der Waals surface area contributed by atoms with Crippen LogP contribution in [0.2, 0.25) is 0 Å². The van der Waals surface area contributed by atoms with Crippen molar-refractivity contribution >= 4 is 19.7 Å². The first-order valence-electron chi connectivity index (χ1n) is 3.71. The lowest BCUT2D eigenvalue weighted by Crippen LogP contribution is -2.04. The zero-order valence-electron chi connectivity index (χ0n) is 7.07. The number of hydrogen-bond acceptors (Lipinski definition) is 3. The van der Waals surface area contributed by atoms with E-state index in [9.17, 15) is 8.42 Å². The monoisotopic (exact) mass is 219 g/mol. The molecule has 0 saturated heterocycles. The van der Waals surface area contributed by atoms with Crippen LogP contribution in [0.1, 0.15) is 18.5 Å². The number of halogens is 1. The molecule has 1 rings (SSSR count). The first-order chi connectivity index (χ1) is 5.91. The zero-order valence-corrected chi connectivity index (χ0v) is 8.64. The average Bonchev–Trinajstić information content (AvgIpc) is 2.03. The number of rotatable bonds is 2. The third-order valence-corrected chi connectivity index (χ3v) is 3.06. The first kappa shape index (κ1) is 10.5. The van der Waals surface area contributed by atoms with Gasteiger partial charge in [0.2, 0.25) is 0 Å². The average molecular weight is 220 g/mol. The van der Waals surface area contributed by atoms with Crippen molar-refractivity contribution in [2.75, 3.05) is 0 Å². The molecule has 5 heteroatoms. The van der Waals surface area contributed by atoms with Crippen LogP contribution < -0.4 is 5.73 Å². The van der Waals surface area contributed by atoms with E-state index in [-0.39, 0.29) is 10.9 Å². The Kier molecular flexibility index (Phi) is 2.95. The SMILES string of the molecule is C[C@@H](N)c1ccc(S(=O)(=O)Cl)cc1. The van der Waals surface area contributed by atoms with Crippen LogP contribution >= 0.6 is 10.7 Å². The van der Waals surface area contributed by atoms with E-state index in [0.29, 0.717) is 0 Å². The third-order valence-electron chi connectivity index (χ3n) is 1.69. The molecule has 0 aliphatic heterocycles. The third kappa shape index (κ3) is 2.69. The van der Waals surface area contributed by atoms with Gasteiger partial charge in [0.25, 0.3) is 9.05 Å². The summed E-state index contributed by atoms with van der Waals surface area (Å²) in [5, 5.41) is 0. The molecule has 72 valence electrons. The Hall–Kier alpha value is -0.580. The molecule has 1 aromatic rings. The van der Waals surface area contributed by atoms with Gasteiger partial charge in [-0.1, -0.05) is 12.1 Å². The molecule has 1 atom stereocenters. The Morgan fingerprint density at radius 1 is 1.31 bits per heavy atom. The molecular formula is C8H10ClNO2S. The quantitative estimate of drug-likeness (QED) is 0.770. The fraction of sp³-hybridized carbons (Fsp3) is 0.250. The normalized spacial score (nSPS) is 14.1. The van der Waals surface area contributed by atoms with Gasteiger partial charge in [-0.2, -0.15) is 0 Å². The Morgan fingerprint density at radius 2 is 1.77 bits per heavy atom. The van der Waals surface area contributed by atoms with Gasteiger partial charge >= 0.3 is 0 Å². The molecule has 3 nitrogen and oxygen atoms in total. The minimum absolute atomic E-state index is 0.0959. The molecule has 0 aliphatic carbocycles. The highest BCUT2D eigenvalue weighted by Gasteiger charge is 2.09. The van der Waals surface area contributed by atoms with Gasteiger partial charge in [0.1, 0.15) is 0 Å². The van der Waals surface area contributed by atoms with Crippen LogP contribution in [-0.2, 0) is 9.05 Å². The summed E-state index contributed by atoms with van der Waals surface area (Å²) in [5.41, 5.74) is 6.47. The molecule has 0 fully saturated rings. The Balaban J connectivity index is 3.08. The molecule has 0 aliphatic rings. The van der Waals surface area contributed by atoms with Crippen molar-refractivity contribution in [3.05, 3.63) is 29.8 Å². The van der Waals surface area contributed by atoms with Crippen molar-refractivity contribution in [2.24, 2.45) is 5.73 Å². The van der Waals surface area contributed by atoms with Gasteiger partial charge in [-0.3, -0.25) is 0 Å². The summed E-state index contributed by atoms with van der Waals surface area (Å²) >= 11 is 0. The molecule has 0 amide bonds. The van der Waals surface area contributed by atoms with Gasteiger partial charge in [0.05, 0.1) is 4.90 Å². The van der Waals surface area contributed by atoms with Crippen LogP contribution in [0.3, 0.4) is 0 Å². The lowest BCUT2D eigenvalue weighted by molar-refractivity contribution is 0.609. The fourth-order valence-electron chi connectivity index (χ4n) is 0.934. The topological polar surface area (TPSA) is 60.2 Å². The van der Waals surface area contributed by atoms with Gasteiger partial charge in [-0.25, -0.2) is 8.42 Å². The summed E-state index contributed by atoms with van der Waals surface area (Å²) in [6.07, 6.45) is 0. The lowest BCUT2D eigenvalue weighted by atomic mass is 10.1. The van der Waals surface area contributed by atoms with Gasteiger partial charge < -0.3 is 5.73 Å². The molecule has 0 aromatic heterocycles. The summed E-state index contributed by atoms with van der Waals surface area (Å²) in [6, 6.07) is 6.09. The van der Waals surface area contributed by atoms with Crippen LogP contribution in [0.5, 0.6) is 0 Å². The molecule has 0 spiro atoms. The molecular weight excluding hydrogens is 210 g/mol. The van der Waals surface area contributed by atoms with E-state index in [1.54, 1.807) is 12.1 Å². The van der Waals surface area contributed by atoms with Crippen LogP contribution in [0.4, 0.5) is 0 Å². The predicted molar refractivity (Wildman–Crippen MR) is 52.1 cm³/mol. The fourth-order valence-corrected chi connectivity index (χ4v) is 1.70. The maximum atomic E-state index is 10.8. The van der Waals surface area contributed by atoms with Gasteiger partial charge in [0, 0.05) is 16.7 Å². The molecule has 0 saturated carbocycles. The number of nitrogens with two attached hydrogens (primary N) is 1. The lowest BCUT2D eigenvalue weighted by Gasteiger charge is -2.04. The molecule has 0 radical (unpaired) electrons. The van der Waals surface area contributed by atoms with Crippen LogP contribution in [0.25, 0.3) is 0 Å². The van der Waals surface area contributed by atoms with Gasteiger partial charge in [0.15, 0.2) is 0 Å².